The lowest BCUT2D eigenvalue weighted by Gasteiger charge is -2.26. The molecule has 1 aromatic rings. The number of nitrogens with zero attached hydrogens (tertiary/aromatic N) is 1. The van der Waals surface area contributed by atoms with Crippen molar-refractivity contribution in [2.45, 2.75) is 24.7 Å². The minimum Gasteiger partial charge on any atom is -0.495 e. The average molecular weight is 342 g/mol. The Hall–Kier alpha value is -1.15. The van der Waals surface area contributed by atoms with Crippen LogP contribution in [0.1, 0.15) is 25.3 Å². The summed E-state index contributed by atoms with van der Waals surface area (Å²) in [4.78, 5) is 2.37. The molecule has 130 valence electrons. The topological polar surface area (TPSA) is 67.9 Å². The number of sulfonamides is 1. The molecule has 1 saturated heterocycles. The molecule has 1 aliphatic heterocycles. The van der Waals surface area contributed by atoms with Gasteiger partial charge in [0.2, 0.25) is 10.0 Å². The van der Waals surface area contributed by atoms with E-state index in [1.807, 2.05) is 6.07 Å². The van der Waals surface area contributed by atoms with Crippen LogP contribution in [0.4, 0.5) is 0 Å². The number of benzene rings is 1. The molecule has 0 aromatic heterocycles. The van der Waals surface area contributed by atoms with Crippen LogP contribution < -0.4 is 9.46 Å². The second-order valence-corrected chi connectivity index (χ2v) is 7.65. The minimum atomic E-state index is -3.58. The Balaban J connectivity index is 2.03. The van der Waals surface area contributed by atoms with E-state index in [4.69, 9.17) is 9.47 Å². The number of nitrogens with one attached hydrogen (secondary N) is 1. The first-order valence-electron chi connectivity index (χ1n) is 7.91. The van der Waals surface area contributed by atoms with Crippen LogP contribution in [0.3, 0.4) is 0 Å². The molecule has 7 heteroatoms. The second-order valence-electron chi connectivity index (χ2n) is 5.92. The molecule has 0 amide bonds. The number of morpholine rings is 1. The summed E-state index contributed by atoms with van der Waals surface area (Å²) in [6.07, 6.45) is 0. The van der Waals surface area contributed by atoms with Crippen molar-refractivity contribution in [3.05, 3.63) is 23.8 Å². The predicted octanol–water partition coefficient (Wildman–Crippen LogP) is 1.43. The first-order valence-corrected chi connectivity index (χ1v) is 9.40. The van der Waals surface area contributed by atoms with Crippen LogP contribution in [0.5, 0.6) is 5.75 Å². The molecule has 0 unspecified atom stereocenters. The van der Waals surface area contributed by atoms with Crippen molar-refractivity contribution in [3.8, 4) is 5.75 Å². The van der Waals surface area contributed by atoms with Crippen LogP contribution in [0.2, 0.25) is 0 Å². The lowest BCUT2D eigenvalue weighted by Crippen LogP contribution is -2.41. The van der Waals surface area contributed by atoms with Gasteiger partial charge in [0, 0.05) is 26.2 Å². The standard InChI is InChI=1S/C16H26N2O4S/c1-13(2)14-4-5-16(15(12-14)21-3)23(19,20)17-6-7-18-8-10-22-11-9-18/h4-5,12-13,17H,6-11H2,1-3H3. The van der Waals surface area contributed by atoms with Gasteiger partial charge in [-0.25, -0.2) is 13.1 Å². The van der Waals surface area contributed by atoms with Crippen molar-refractivity contribution in [1.29, 1.82) is 0 Å². The van der Waals surface area contributed by atoms with Gasteiger partial charge in [-0.15, -0.1) is 0 Å². The summed E-state index contributed by atoms with van der Waals surface area (Å²) in [6, 6.07) is 5.25. The molecule has 1 heterocycles. The fraction of sp³-hybridized carbons (Fsp3) is 0.625. The van der Waals surface area contributed by atoms with E-state index in [0.717, 1.165) is 18.7 Å². The molecule has 1 aromatic carbocycles. The fourth-order valence-electron chi connectivity index (χ4n) is 2.51. The summed E-state index contributed by atoms with van der Waals surface area (Å²) in [7, 11) is -2.09. The van der Waals surface area contributed by atoms with Gasteiger partial charge in [-0.2, -0.15) is 0 Å². The third-order valence-electron chi connectivity index (χ3n) is 3.97. The normalized spacial score (nSPS) is 16.7. The van der Waals surface area contributed by atoms with Crippen LogP contribution in [0.25, 0.3) is 0 Å². The minimum absolute atomic E-state index is 0.186. The molecule has 0 bridgehead atoms. The van der Waals surface area contributed by atoms with Gasteiger partial charge >= 0.3 is 0 Å². The third-order valence-corrected chi connectivity index (χ3v) is 5.47. The zero-order valence-electron chi connectivity index (χ0n) is 14.0. The van der Waals surface area contributed by atoms with Crippen molar-refractivity contribution in [2.75, 3.05) is 46.5 Å². The molecular weight excluding hydrogens is 316 g/mol. The molecule has 6 nitrogen and oxygen atoms in total. The molecule has 0 saturated carbocycles. The fourth-order valence-corrected chi connectivity index (χ4v) is 3.68. The molecule has 0 radical (unpaired) electrons. The predicted molar refractivity (Wildman–Crippen MR) is 89.5 cm³/mol. The van der Waals surface area contributed by atoms with Crippen LogP contribution >= 0.6 is 0 Å². The summed E-state index contributed by atoms with van der Waals surface area (Å²) >= 11 is 0. The summed E-state index contributed by atoms with van der Waals surface area (Å²) in [5.74, 6) is 0.699. The van der Waals surface area contributed by atoms with Gasteiger partial charge in [-0.05, 0) is 23.6 Å². The molecule has 0 aliphatic carbocycles. The van der Waals surface area contributed by atoms with Gasteiger partial charge in [0.25, 0.3) is 0 Å². The van der Waals surface area contributed by atoms with E-state index in [1.165, 1.54) is 7.11 Å². The highest BCUT2D eigenvalue weighted by atomic mass is 32.2. The highest BCUT2D eigenvalue weighted by Gasteiger charge is 2.20. The van der Waals surface area contributed by atoms with E-state index < -0.39 is 10.0 Å². The number of methoxy groups -OCH3 is 1. The van der Waals surface area contributed by atoms with Crippen LogP contribution in [-0.4, -0.2) is 59.8 Å². The molecule has 1 fully saturated rings. The zero-order chi connectivity index (χ0) is 16.9. The van der Waals surface area contributed by atoms with E-state index in [-0.39, 0.29) is 4.90 Å². The van der Waals surface area contributed by atoms with E-state index in [1.54, 1.807) is 12.1 Å². The quantitative estimate of drug-likeness (QED) is 0.812. The van der Waals surface area contributed by atoms with Gasteiger partial charge in [-0.1, -0.05) is 19.9 Å². The zero-order valence-corrected chi connectivity index (χ0v) is 14.9. The molecule has 23 heavy (non-hydrogen) atoms. The Morgan fingerprint density at radius 2 is 2.00 bits per heavy atom. The maximum absolute atomic E-state index is 12.5. The van der Waals surface area contributed by atoms with Crippen LogP contribution in [-0.2, 0) is 14.8 Å². The first-order chi connectivity index (χ1) is 10.9. The van der Waals surface area contributed by atoms with Gasteiger partial charge in [0.15, 0.2) is 0 Å². The Morgan fingerprint density at radius 3 is 2.61 bits per heavy atom. The smallest absolute Gasteiger partial charge is 0.244 e. The SMILES string of the molecule is COc1cc(C(C)C)ccc1S(=O)(=O)NCCN1CCOCC1. The number of hydrogen-bond donors (Lipinski definition) is 1. The first kappa shape index (κ1) is 18.2. The van der Waals surface area contributed by atoms with Crippen molar-refractivity contribution >= 4 is 10.0 Å². The van der Waals surface area contributed by atoms with Crippen molar-refractivity contribution in [3.63, 3.8) is 0 Å². The van der Waals surface area contributed by atoms with E-state index in [0.29, 0.717) is 38.0 Å². The Morgan fingerprint density at radius 1 is 1.30 bits per heavy atom. The van der Waals surface area contributed by atoms with Crippen molar-refractivity contribution < 1.29 is 17.9 Å². The summed E-state index contributed by atoms with van der Waals surface area (Å²) in [5, 5.41) is 0. The van der Waals surface area contributed by atoms with Crippen LogP contribution in [0.15, 0.2) is 23.1 Å². The number of hydrogen-bond acceptors (Lipinski definition) is 5. The van der Waals surface area contributed by atoms with Crippen molar-refractivity contribution in [2.24, 2.45) is 0 Å². The largest absolute Gasteiger partial charge is 0.495 e. The Labute approximate surface area is 138 Å². The third kappa shape index (κ3) is 4.91. The number of ether oxygens (including phenoxy) is 2. The van der Waals surface area contributed by atoms with E-state index in [9.17, 15) is 8.42 Å². The lowest BCUT2D eigenvalue weighted by atomic mass is 10.0. The lowest BCUT2D eigenvalue weighted by molar-refractivity contribution is 0.0390. The Bertz CT molecular complexity index is 611. The highest BCUT2D eigenvalue weighted by molar-refractivity contribution is 7.89. The maximum atomic E-state index is 12.5. The van der Waals surface area contributed by atoms with E-state index in [2.05, 4.69) is 23.5 Å². The molecule has 0 atom stereocenters. The summed E-state index contributed by atoms with van der Waals surface area (Å²) in [6.45, 7) is 8.26. The summed E-state index contributed by atoms with van der Waals surface area (Å²) in [5.41, 5.74) is 1.05. The van der Waals surface area contributed by atoms with Gasteiger partial charge in [0.05, 0.1) is 20.3 Å². The molecule has 1 aliphatic rings. The van der Waals surface area contributed by atoms with E-state index >= 15 is 0 Å². The van der Waals surface area contributed by atoms with Gasteiger partial charge in [0.1, 0.15) is 10.6 Å². The van der Waals surface area contributed by atoms with Crippen LogP contribution in [0, 0.1) is 0 Å². The molecule has 1 N–H and O–H groups in total. The summed E-state index contributed by atoms with van der Waals surface area (Å²) < 4.78 is 38.2. The number of rotatable bonds is 7. The van der Waals surface area contributed by atoms with Gasteiger partial charge in [-0.3, -0.25) is 4.90 Å². The molecular formula is C16H26N2O4S. The maximum Gasteiger partial charge on any atom is 0.244 e. The highest BCUT2D eigenvalue weighted by Crippen LogP contribution is 2.27. The molecule has 2 rings (SSSR count). The monoisotopic (exact) mass is 342 g/mol. The Kier molecular flexibility index (Phi) is 6.41. The van der Waals surface area contributed by atoms with Gasteiger partial charge < -0.3 is 9.47 Å². The van der Waals surface area contributed by atoms with Crippen molar-refractivity contribution in [1.82, 2.24) is 9.62 Å². The second kappa shape index (κ2) is 8.10. The molecule has 0 spiro atoms. The average Bonchev–Trinajstić information content (AvgIpc) is 2.55.